The molecule has 180 valence electrons. The molecule has 1 saturated heterocycles. The van der Waals surface area contributed by atoms with Gasteiger partial charge in [0, 0.05) is 19.0 Å². The van der Waals surface area contributed by atoms with Crippen molar-refractivity contribution < 1.29 is 9.53 Å². The molecule has 35 heavy (non-hydrogen) atoms. The van der Waals surface area contributed by atoms with Gasteiger partial charge in [0.15, 0.2) is 0 Å². The fourth-order valence-electron chi connectivity index (χ4n) is 5.68. The Morgan fingerprint density at radius 2 is 1.51 bits per heavy atom. The Balaban J connectivity index is 1.44. The minimum atomic E-state index is -0.151. The third-order valence-corrected chi connectivity index (χ3v) is 7.57. The second-order valence-corrected chi connectivity index (χ2v) is 10.2. The standard InChI is InChI=1S/C30H33N3O2/c1-20-18-21(2)28-27(19-20)32(30(34)25-10-11-25)29(33(28)31-16-4-5-17-31)24-8-6-22(7-9-24)23-12-14-26(35-3)15-13-23/h6-9,12-15,18-19,25,29H,4-5,10-11,16-17H2,1-3H3. The first-order chi connectivity index (χ1) is 17.0. The Kier molecular flexibility index (Phi) is 5.53. The molecule has 1 aliphatic carbocycles. The van der Waals surface area contributed by atoms with E-state index in [4.69, 9.17) is 4.74 Å². The summed E-state index contributed by atoms with van der Waals surface area (Å²) in [6.07, 6.45) is 4.24. The third kappa shape index (κ3) is 3.88. The van der Waals surface area contributed by atoms with Crippen LogP contribution in [0.4, 0.5) is 11.4 Å². The second-order valence-electron chi connectivity index (χ2n) is 10.2. The van der Waals surface area contributed by atoms with E-state index in [-0.39, 0.29) is 18.0 Å². The van der Waals surface area contributed by atoms with Crippen LogP contribution >= 0.6 is 0 Å². The van der Waals surface area contributed by atoms with Gasteiger partial charge >= 0.3 is 0 Å². The van der Waals surface area contributed by atoms with Gasteiger partial charge in [0.05, 0.1) is 18.5 Å². The highest BCUT2D eigenvalue weighted by atomic mass is 16.5. The van der Waals surface area contributed by atoms with Crippen LogP contribution in [-0.2, 0) is 4.79 Å². The third-order valence-electron chi connectivity index (χ3n) is 7.57. The average molecular weight is 468 g/mol. The number of aryl methyl sites for hydroxylation is 2. The van der Waals surface area contributed by atoms with E-state index < -0.39 is 0 Å². The molecule has 5 nitrogen and oxygen atoms in total. The summed E-state index contributed by atoms with van der Waals surface area (Å²) in [5.74, 6) is 1.28. The summed E-state index contributed by atoms with van der Waals surface area (Å²) in [6, 6.07) is 21.4. The van der Waals surface area contributed by atoms with Crippen molar-refractivity contribution in [1.29, 1.82) is 0 Å². The molecule has 3 aromatic rings. The predicted octanol–water partition coefficient (Wildman–Crippen LogP) is 6.25. The summed E-state index contributed by atoms with van der Waals surface area (Å²) in [4.78, 5) is 15.9. The number of rotatable bonds is 5. The Morgan fingerprint density at radius 1 is 0.886 bits per heavy atom. The summed E-state index contributed by atoms with van der Waals surface area (Å²) in [5.41, 5.74) is 8.15. The zero-order valence-corrected chi connectivity index (χ0v) is 20.8. The van der Waals surface area contributed by atoms with Crippen LogP contribution in [0.2, 0.25) is 0 Å². The number of methoxy groups -OCH3 is 1. The molecule has 6 rings (SSSR count). The van der Waals surface area contributed by atoms with Gasteiger partial charge in [-0.3, -0.25) is 14.7 Å². The SMILES string of the molecule is COc1ccc(-c2ccc(C3N(C(=O)C4CC4)c4cc(C)cc(C)c4N3N3CCCC3)cc2)cc1. The van der Waals surface area contributed by atoms with Crippen molar-refractivity contribution in [3.05, 3.63) is 77.4 Å². The predicted molar refractivity (Wildman–Crippen MR) is 141 cm³/mol. The van der Waals surface area contributed by atoms with Crippen LogP contribution < -0.4 is 14.6 Å². The number of ether oxygens (including phenoxy) is 1. The molecule has 0 bridgehead atoms. The van der Waals surface area contributed by atoms with Crippen molar-refractivity contribution in [2.45, 2.75) is 45.7 Å². The van der Waals surface area contributed by atoms with Crippen LogP contribution in [0, 0.1) is 19.8 Å². The molecule has 1 saturated carbocycles. The summed E-state index contributed by atoms with van der Waals surface area (Å²) in [7, 11) is 1.69. The zero-order valence-electron chi connectivity index (χ0n) is 20.8. The van der Waals surface area contributed by atoms with Gasteiger partial charge in [-0.05, 0) is 85.5 Å². The van der Waals surface area contributed by atoms with Gasteiger partial charge in [-0.2, -0.15) is 0 Å². The van der Waals surface area contributed by atoms with Crippen LogP contribution in [0.25, 0.3) is 11.1 Å². The molecule has 2 aliphatic heterocycles. The normalized spacial score (nSPS) is 19.8. The van der Waals surface area contributed by atoms with Crippen molar-refractivity contribution in [2.75, 3.05) is 30.1 Å². The highest BCUT2D eigenvalue weighted by Gasteiger charge is 2.47. The lowest BCUT2D eigenvalue weighted by Crippen LogP contribution is -2.47. The number of benzene rings is 3. The number of nitrogens with zero attached hydrogens (tertiary/aromatic N) is 3. The number of amides is 1. The van der Waals surface area contributed by atoms with Gasteiger partial charge in [-0.25, -0.2) is 5.01 Å². The molecule has 0 spiro atoms. The molecule has 1 atom stereocenters. The lowest BCUT2D eigenvalue weighted by atomic mass is 10.0. The van der Waals surface area contributed by atoms with E-state index in [1.165, 1.54) is 29.7 Å². The number of hydrogen-bond acceptors (Lipinski definition) is 4. The monoisotopic (exact) mass is 467 g/mol. The van der Waals surface area contributed by atoms with E-state index in [0.29, 0.717) is 0 Å². The van der Waals surface area contributed by atoms with Gasteiger partial charge in [-0.15, -0.1) is 0 Å². The number of hydrogen-bond donors (Lipinski definition) is 0. The van der Waals surface area contributed by atoms with Crippen molar-refractivity contribution >= 4 is 17.3 Å². The van der Waals surface area contributed by atoms with Crippen LogP contribution in [0.5, 0.6) is 5.75 Å². The number of carbonyl (C=O) groups is 1. The van der Waals surface area contributed by atoms with Crippen molar-refractivity contribution in [2.24, 2.45) is 5.92 Å². The summed E-state index contributed by atoms with van der Waals surface area (Å²) in [6.45, 7) is 6.37. The first-order valence-corrected chi connectivity index (χ1v) is 12.8. The lowest BCUT2D eigenvalue weighted by molar-refractivity contribution is -0.120. The molecule has 0 radical (unpaired) electrons. The number of carbonyl (C=O) groups excluding carboxylic acids is 1. The fraction of sp³-hybridized carbons (Fsp3) is 0.367. The smallest absolute Gasteiger partial charge is 0.232 e. The number of fused-ring (bicyclic) bond motifs is 1. The molecule has 1 amide bonds. The Labute approximate surface area is 207 Å². The van der Waals surface area contributed by atoms with Crippen molar-refractivity contribution in [3.63, 3.8) is 0 Å². The molecule has 1 unspecified atom stereocenters. The fourth-order valence-corrected chi connectivity index (χ4v) is 5.68. The molecule has 2 heterocycles. The minimum absolute atomic E-state index is 0.151. The Bertz CT molecular complexity index is 1240. The van der Waals surface area contributed by atoms with Gasteiger partial charge in [0.2, 0.25) is 5.91 Å². The maximum Gasteiger partial charge on any atom is 0.232 e. The first-order valence-electron chi connectivity index (χ1n) is 12.8. The Morgan fingerprint density at radius 3 is 2.11 bits per heavy atom. The Hall–Kier alpha value is -3.31. The molecule has 0 N–H and O–H groups in total. The molecule has 5 heteroatoms. The van der Waals surface area contributed by atoms with E-state index in [9.17, 15) is 4.79 Å². The quantitative estimate of drug-likeness (QED) is 0.444. The molecular formula is C30H33N3O2. The van der Waals surface area contributed by atoms with Crippen molar-refractivity contribution in [3.8, 4) is 16.9 Å². The van der Waals surface area contributed by atoms with Gasteiger partial charge in [0.1, 0.15) is 11.9 Å². The highest BCUT2D eigenvalue weighted by molar-refractivity contribution is 6.03. The van der Waals surface area contributed by atoms with E-state index in [0.717, 1.165) is 54.1 Å². The zero-order chi connectivity index (χ0) is 24.1. The topological polar surface area (TPSA) is 36.0 Å². The maximum atomic E-state index is 13.8. The van der Waals surface area contributed by atoms with Crippen molar-refractivity contribution in [1.82, 2.24) is 5.01 Å². The van der Waals surface area contributed by atoms with Crippen LogP contribution in [0.15, 0.2) is 60.7 Å². The molecule has 0 aromatic heterocycles. The van der Waals surface area contributed by atoms with Crippen LogP contribution in [0.1, 0.15) is 48.5 Å². The molecular weight excluding hydrogens is 434 g/mol. The lowest BCUT2D eigenvalue weighted by Gasteiger charge is -2.38. The molecule has 2 fully saturated rings. The van der Waals surface area contributed by atoms with Gasteiger partial charge < -0.3 is 4.74 Å². The summed E-state index contributed by atoms with van der Waals surface area (Å²) < 4.78 is 5.31. The van der Waals surface area contributed by atoms with Gasteiger partial charge in [-0.1, -0.05) is 42.5 Å². The first kappa shape index (κ1) is 22.2. The van der Waals surface area contributed by atoms with Crippen LogP contribution in [-0.4, -0.2) is 31.1 Å². The van der Waals surface area contributed by atoms with Gasteiger partial charge in [0.25, 0.3) is 0 Å². The van der Waals surface area contributed by atoms with E-state index in [1.807, 2.05) is 12.1 Å². The largest absolute Gasteiger partial charge is 0.497 e. The summed E-state index contributed by atoms with van der Waals surface area (Å²) in [5, 5.41) is 4.89. The van der Waals surface area contributed by atoms with Crippen LogP contribution in [0.3, 0.4) is 0 Å². The minimum Gasteiger partial charge on any atom is -0.497 e. The van der Waals surface area contributed by atoms with E-state index >= 15 is 0 Å². The molecule has 3 aromatic carbocycles. The number of hydrazine groups is 1. The average Bonchev–Trinajstić information content (AvgIpc) is 3.47. The highest BCUT2D eigenvalue weighted by Crippen LogP contribution is 2.52. The second kappa shape index (κ2) is 8.72. The van der Waals surface area contributed by atoms with E-state index in [1.54, 1.807) is 7.11 Å². The maximum absolute atomic E-state index is 13.8. The summed E-state index contributed by atoms with van der Waals surface area (Å²) >= 11 is 0. The number of anilines is 2. The van der Waals surface area contributed by atoms with E-state index in [2.05, 4.69) is 77.3 Å². The molecule has 3 aliphatic rings.